The Bertz CT molecular complexity index is 500. The summed E-state index contributed by atoms with van der Waals surface area (Å²) >= 11 is 0. The number of hydrogen-bond acceptors (Lipinski definition) is 4. The van der Waals surface area contributed by atoms with Crippen molar-refractivity contribution in [1.29, 1.82) is 0 Å². The van der Waals surface area contributed by atoms with E-state index in [0.717, 1.165) is 4.41 Å². The monoisotopic (exact) mass is 271 g/mol. The zero-order valence-corrected chi connectivity index (χ0v) is 11.4. The number of hydrazone groups is 1. The summed E-state index contributed by atoms with van der Waals surface area (Å²) in [5, 5.41) is 3.96. The van der Waals surface area contributed by atoms with E-state index in [9.17, 15) is 8.42 Å². The predicted octanol–water partition coefficient (Wildman–Crippen LogP) is 1.33. The molecule has 0 unspecified atom stereocenters. The maximum Gasteiger partial charge on any atom is 0.320 e. The smallest absolute Gasteiger partial charge is 0.320 e. The van der Waals surface area contributed by atoms with Crippen LogP contribution in [-0.2, 0) is 14.9 Å². The van der Waals surface area contributed by atoms with Gasteiger partial charge in [-0.15, -0.1) is 9.52 Å². The average Bonchev–Trinajstić information content (AvgIpc) is 2.37. The quantitative estimate of drug-likeness (QED) is 0.499. The van der Waals surface area contributed by atoms with Gasteiger partial charge in [0.15, 0.2) is 0 Å². The molecular formula is C11H17N3O3S. The summed E-state index contributed by atoms with van der Waals surface area (Å²) in [5.74, 6) is 0.278. The number of ether oxygens (including phenoxy) is 1. The third-order valence-electron chi connectivity index (χ3n) is 2.05. The van der Waals surface area contributed by atoms with E-state index in [1.165, 1.54) is 7.05 Å². The Balaban J connectivity index is 3.17. The Hall–Kier alpha value is -1.60. The van der Waals surface area contributed by atoms with Gasteiger partial charge in [0.1, 0.15) is 0 Å². The molecule has 0 bridgehead atoms. The first-order valence-corrected chi connectivity index (χ1v) is 6.92. The van der Waals surface area contributed by atoms with E-state index >= 15 is 0 Å². The molecule has 7 heteroatoms. The molecule has 0 aromatic heterocycles. The molecule has 100 valence electrons. The SMILES string of the molecule is CCO/C(C)=N\N(c1ccccc1)S(=O)(=O)NC. The normalized spacial score (nSPS) is 12.3. The lowest BCUT2D eigenvalue weighted by Crippen LogP contribution is -2.36. The molecule has 1 aromatic carbocycles. The van der Waals surface area contributed by atoms with E-state index in [2.05, 4.69) is 9.82 Å². The molecule has 0 aliphatic heterocycles. The van der Waals surface area contributed by atoms with Gasteiger partial charge in [-0.05, 0) is 19.1 Å². The van der Waals surface area contributed by atoms with Crippen LogP contribution in [0.4, 0.5) is 5.69 Å². The van der Waals surface area contributed by atoms with E-state index in [-0.39, 0.29) is 5.90 Å². The molecule has 0 fully saturated rings. The molecule has 0 heterocycles. The van der Waals surface area contributed by atoms with Crippen LogP contribution in [0.3, 0.4) is 0 Å². The fourth-order valence-electron chi connectivity index (χ4n) is 1.26. The van der Waals surface area contributed by atoms with Gasteiger partial charge in [-0.25, -0.2) is 0 Å². The van der Waals surface area contributed by atoms with Crippen LogP contribution in [0.25, 0.3) is 0 Å². The molecular weight excluding hydrogens is 254 g/mol. The molecule has 0 aliphatic rings. The van der Waals surface area contributed by atoms with Crippen molar-refractivity contribution in [3.63, 3.8) is 0 Å². The molecule has 6 nitrogen and oxygen atoms in total. The molecule has 0 saturated heterocycles. The number of para-hydroxylation sites is 1. The van der Waals surface area contributed by atoms with Crippen LogP contribution in [0, 0.1) is 0 Å². The molecule has 0 atom stereocenters. The summed E-state index contributed by atoms with van der Waals surface area (Å²) in [7, 11) is -2.38. The van der Waals surface area contributed by atoms with Crippen molar-refractivity contribution in [3.8, 4) is 0 Å². The van der Waals surface area contributed by atoms with Gasteiger partial charge in [-0.3, -0.25) is 0 Å². The second-order valence-corrected chi connectivity index (χ2v) is 5.04. The molecule has 18 heavy (non-hydrogen) atoms. The Morgan fingerprint density at radius 2 is 2.00 bits per heavy atom. The molecule has 1 N–H and O–H groups in total. The summed E-state index contributed by atoms with van der Waals surface area (Å²) in [6, 6.07) is 8.57. The van der Waals surface area contributed by atoms with Crippen LogP contribution >= 0.6 is 0 Å². The van der Waals surface area contributed by atoms with Crippen LogP contribution < -0.4 is 9.14 Å². The van der Waals surface area contributed by atoms with Crippen molar-refractivity contribution in [2.45, 2.75) is 13.8 Å². The van der Waals surface area contributed by atoms with Crippen molar-refractivity contribution < 1.29 is 13.2 Å². The van der Waals surface area contributed by atoms with Crippen molar-refractivity contribution >= 4 is 21.8 Å². The van der Waals surface area contributed by atoms with E-state index in [0.29, 0.717) is 12.3 Å². The Kier molecular flexibility index (Phi) is 5.11. The molecule has 0 amide bonds. The van der Waals surface area contributed by atoms with Gasteiger partial charge in [0.05, 0.1) is 12.3 Å². The average molecular weight is 271 g/mol. The summed E-state index contributed by atoms with van der Waals surface area (Å²) in [4.78, 5) is 0. The second-order valence-electron chi connectivity index (χ2n) is 3.34. The van der Waals surface area contributed by atoms with E-state index < -0.39 is 10.2 Å². The zero-order chi connectivity index (χ0) is 13.6. The lowest BCUT2D eigenvalue weighted by atomic mass is 10.3. The maximum absolute atomic E-state index is 11.9. The molecule has 1 aromatic rings. The topological polar surface area (TPSA) is 71.0 Å². The standard InChI is InChI=1S/C11H17N3O3S/c1-4-17-10(2)13-14(18(15,16)12-3)11-8-6-5-7-9-11/h5-9,12H,4H2,1-3H3/b13-10-. The first-order valence-electron chi connectivity index (χ1n) is 5.48. The van der Waals surface area contributed by atoms with Crippen molar-refractivity contribution in [2.75, 3.05) is 18.1 Å². The largest absolute Gasteiger partial charge is 0.480 e. The lowest BCUT2D eigenvalue weighted by Gasteiger charge is -2.18. The van der Waals surface area contributed by atoms with Crippen LogP contribution in [-0.4, -0.2) is 28.0 Å². The van der Waals surface area contributed by atoms with Gasteiger partial charge in [0.25, 0.3) is 0 Å². The Labute approximate surface area is 107 Å². The summed E-state index contributed by atoms with van der Waals surface area (Å²) < 4.78 is 32.1. The van der Waals surface area contributed by atoms with Crippen molar-refractivity contribution in [2.24, 2.45) is 5.10 Å². The number of hydrogen-bond donors (Lipinski definition) is 1. The molecule has 1 rings (SSSR count). The molecule has 0 saturated carbocycles. The number of benzene rings is 1. The predicted molar refractivity (Wildman–Crippen MR) is 71.6 cm³/mol. The number of nitrogens with one attached hydrogen (secondary N) is 1. The highest BCUT2D eigenvalue weighted by Gasteiger charge is 2.20. The minimum atomic E-state index is -3.71. The second kappa shape index (κ2) is 6.36. The minimum Gasteiger partial charge on any atom is -0.480 e. The third-order valence-corrected chi connectivity index (χ3v) is 3.31. The fourth-order valence-corrected chi connectivity index (χ4v) is 2.05. The fraction of sp³-hybridized carbons (Fsp3) is 0.364. The highest BCUT2D eigenvalue weighted by atomic mass is 32.2. The Morgan fingerprint density at radius 1 is 1.39 bits per heavy atom. The summed E-state index contributed by atoms with van der Waals surface area (Å²) in [6.45, 7) is 3.83. The van der Waals surface area contributed by atoms with E-state index in [4.69, 9.17) is 4.74 Å². The highest BCUT2D eigenvalue weighted by molar-refractivity contribution is 7.90. The maximum atomic E-state index is 11.9. The molecule has 0 radical (unpaired) electrons. The lowest BCUT2D eigenvalue weighted by molar-refractivity contribution is 0.323. The van der Waals surface area contributed by atoms with Crippen LogP contribution in [0.5, 0.6) is 0 Å². The summed E-state index contributed by atoms with van der Waals surface area (Å²) in [5.41, 5.74) is 0.436. The van der Waals surface area contributed by atoms with Gasteiger partial charge in [0, 0.05) is 14.0 Å². The van der Waals surface area contributed by atoms with E-state index in [1.807, 2.05) is 0 Å². The van der Waals surface area contributed by atoms with Gasteiger partial charge < -0.3 is 4.74 Å². The van der Waals surface area contributed by atoms with Crippen LogP contribution in [0.2, 0.25) is 0 Å². The van der Waals surface area contributed by atoms with Crippen LogP contribution in [0.1, 0.15) is 13.8 Å². The number of nitrogens with zero attached hydrogens (tertiary/aromatic N) is 2. The van der Waals surface area contributed by atoms with Crippen molar-refractivity contribution in [1.82, 2.24) is 4.72 Å². The zero-order valence-electron chi connectivity index (χ0n) is 10.6. The summed E-state index contributed by atoms with van der Waals surface area (Å²) in [6.07, 6.45) is 0. The number of rotatable bonds is 5. The highest BCUT2D eigenvalue weighted by Crippen LogP contribution is 2.17. The van der Waals surface area contributed by atoms with Gasteiger partial charge in [0.2, 0.25) is 5.90 Å². The van der Waals surface area contributed by atoms with E-state index in [1.54, 1.807) is 44.2 Å². The number of anilines is 1. The first kappa shape index (κ1) is 14.5. The Morgan fingerprint density at radius 3 is 2.50 bits per heavy atom. The van der Waals surface area contributed by atoms with Crippen molar-refractivity contribution in [3.05, 3.63) is 30.3 Å². The van der Waals surface area contributed by atoms with Gasteiger partial charge >= 0.3 is 10.2 Å². The first-order chi connectivity index (χ1) is 8.51. The third kappa shape index (κ3) is 3.71. The molecule has 0 aliphatic carbocycles. The van der Waals surface area contributed by atoms with Gasteiger partial charge in [-0.1, -0.05) is 18.2 Å². The minimum absolute atomic E-state index is 0.278. The molecule has 0 spiro atoms. The van der Waals surface area contributed by atoms with Crippen LogP contribution in [0.15, 0.2) is 35.4 Å². The van der Waals surface area contributed by atoms with Gasteiger partial charge in [-0.2, -0.15) is 13.1 Å².